The molecule has 28 heavy (non-hydrogen) atoms. The van der Waals surface area contributed by atoms with Crippen LogP contribution in [0, 0.1) is 0 Å². The summed E-state index contributed by atoms with van der Waals surface area (Å²) in [7, 11) is 3.93. The van der Waals surface area contributed by atoms with Gasteiger partial charge in [-0.3, -0.25) is 4.79 Å². The van der Waals surface area contributed by atoms with Gasteiger partial charge < -0.3 is 15.5 Å². The molecule has 0 aliphatic rings. The Morgan fingerprint density at radius 2 is 1.68 bits per heavy atom. The number of aromatic nitrogens is 2. The van der Waals surface area contributed by atoms with Crippen LogP contribution in [0.25, 0.3) is 0 Å². The molecule has 1 aromatic heterocycles. The van der Waals surface area contributed by atoms with Crippen molar-refractivity contribution in [3.8, 4) is 0 Å². The summed E-state index contributed by atoms with van der Waals surface area (Å²) in [6.07, 6.45) is 0.837. The number of carbonyl (C=O) groups is 1. The fourth-order valence-electron chi connectivity index (χ4n) is 2.57. The van der Waals surface area contributed by atoms with Crippen molar-refractivity contribution >= 4 is 34.7 Å². The van der Waals surface area contributed by atoms with Gasteiger partial charge in [0.15, 0.2) is 5.69 Å². The predicted octanol–water partition coefficient (Wildman–Crippen LogP) is 4.10. The highest BCUT2D eigenvalue weighted by molar-refractivity contribution is 6.30. The highest BCUT2D eigenvalue weighted by Gasteiger charge is 2.09. The van der Waals surface area contributed by atoms with Crippen LogP contribution in [-0.4, -0.2) is 36.7 Å². The lowest BCUT2D eigenvalue weighted by molar-refractivity contribution is 0.102. The number of hydrogen-bond acceptors (Lipinski definition) is 5. The van der Waals surface area contributed by atoms with Crippen LogP contribution < -0.4 is 15.5 Å². The summed E-state index contributed by atoms with van der Waals surface area (Å²) in [4.78, 5) is 14.3. The second-order valence-electron chi connectivity index (χ2n) is 6.50. The summed E-state index contributed by atoms with van der Waals surface area (Å²) in [6.45, 7) is 0.708. The second kappa shape index (κ2) is 9.19. The van der Waals surface area contributed by atoms with Crippen molar-refractivity contribution in [1.29, 1.82) is 0 Å². The van der Waals surface area contributed by atoms with Gasteiger partial charge in [-0.2, -0.15) is 0 Å². The Kier molecular flexibility index (Phi) is 6.45. The maximum absolute atomic E-state index is 12.3. The molecule has 0 fully saturated rings. The molecular weight excluding hydrogens is 374 g/mol. The molecule has 0 aliphatic heterocycles. The van der Waals surface area contributed by atoms with Crippen molar-refractivity contribution in [3.05, 3.63) is 76.9 Å². The highest BCUT2D eigenvalue weighted by atomic mass is 35.5. The zero-order chi connectivity index (χ0) is 19.9. The topological polar surface area (TPSA) is 70.2 Å². The maximum atomic E-state index is 12.3. The highest BCUT2D eigenvalue weighted by Crippen LogP contribution is 2.16. The number of carbonyl (C=O) groups excluding carboxylic acids is 1. The quantitative estimate of drug-likeness (QED) is 0.630. The molecule has 0 aliphatic carbocycles. The molecule has 0 unspecified atom stereocenters. The van der Waals surface area contributed by atoms with Crippen LogP contribution in [-0.2, 0) is 6.42 Å². The summed E-state index contributed by atoms with van der Waals surface area (Å²) >= 11 is 5.88. The molecule has 7 heteroatoms. The standard InChI is InChI=1S/C21H22ClN5O/c1-27(2)18-9-7-17(8-10-18)24-21(28)19-11-12-20(26-25-19)23-14-13-15-3-5-16(22)6-4-15/h3-12H,13-14H2,1-2H3,(H,23,26)(H,24,28). The number of halogens is 1. The number of nitrogens with one attached hydrogen (secondary N) is 2. The van der Waals surface area contributed by atoms with Gasteiger partial charge in [-0.25, -0.2) is 0 Å². The Labute approximate surface area is 169 Å². The van der Waals surface area contributed by atoms with E-state index in [0.717, 1.165) is 17.1 Å². The first-order valence-electron chi connectivity index (χ1n) is 8.92. The van der Waals surface area contributed by atoms with Crippen LogP contribution in [0.4, 0.5) is 17.2 Å². The van der Waals surface area contributed by atoms with Crippen molar-refractivity contribution in [1.82, 2.24) is 10.2 Å². The van der Waals surface area contributed by atoms with E-state index in [0.29, 0.717) is 18.1 Å². The van der Waals surface area contributed by atoms with Crippen LogP contribution in [0.2, 0.25) is 5.02 Å². The molecule has 0 spiro atoms. The van der Waals surface area contributed by atoms with Crippen molar-refractivity contribution in [2.45, 2.75) is 6.42 Å². The second-order valence-corrected chi connectivity index (χ2v) is 6.94. The predicted molar refractivity (Wildman–Crippen MR) is 114 cm³/mol. The summed E-state index contributed by atoms with van der Waals surface area (Å²) in [5, 5.41) is 14.8. The summed E-state index contributed by atoms with van der Waals surface area (Å²) in [5.74, 6) is 0.332. The van der Waals surface area contributed by atoms with E-state index in [4.69, 9.17) is 11.6 Å². The molecule has 0 saturated heterocycles. The molecule has 1 amide bonds. The van der Waals surface area contributed by atoms with Gasteiger partial charge in [0.25, 0.3) is 5.91 Å². The summed E-state index contributed by atoms with van der Waals surface area (Å²) in [6, 6.07) is 18.7. The lowest BCUT2D eigenvalue weighted by Crippen LogP contribution is -2.15. The maximum Gasteiger partial charge on any atom is 0.276 e. The molecule has 144 valence electrons. The van der Waals surface area contributed by atoms with Crippen LogP contribution in [0.1, 0.15) is 16.1 Å². The minimum atomic E-state index is -0.294. The van der Waals surface area contributed by atoms with Crippen LogP contribution in [0.3, 0.4) is 0 Å². The van der Waals surface area contributed by atoms with Gasteiger partial charge in [-0.15, -0.1) is 10.2 Å². The number of rotatable bonds is 7. The zero-order valence-corrected chi connectivity index (χ0v) is 16.6. The summed E-state index contributed by atoms with van der Waals surface area (Å²) < 4.78 is 0. The summed E-state index contributed by atoms with van der Waals surface area (Å²) in [5.41, 5.74) is 3.22. The fourth-order valence-corrected chi connectivity index (χ4v) is 2.70. The third kappa shape index (κ3) is 5.44. The third-order valence-electron chi connectivity index (χ3n) is 4.17. The third-order valence-corrected chi connectivity index (χ3v) is 4.42. The zero-order valence-electron chi connectivity index (χ0n) is 15.8. The van der Waals surface area contributed by atoms with Crippen LogP contribution >= 0.6 is 11.6 Å². The number of amides is 1. The van der Waals surface area contributed by atoms with Crippen LogP contribution in [0.5, 0.6) is 0 Å². The molecular formula is C21H22ClN5O. The lowest BCUT2D eigenvalue weighted by Gasteiger charge is -2.13. The minimum absolute atomic E-state index is 0.264. The van der Waals surface area contributed by atoms with Gasteiger partial charge in [0.1, 0.15) is 5.82 Å². The van der Waals surface area contributed by atoms with Crippen molar-refractivity contribution < 1.29 is 4.79 Å². The van der Waals surface area contributed by atoms with Crippen molar-refractivity contribution in [2.75, 3.05) is 36.2 Å². The molecule has 3 rings (SSSR count). The van der Waals surface area contributed by atoms with Crippen LogP contribution in [0.15, 0.2) is 60.7 Å². The van der Waals surface area contributed by atoms with E-state index in [1.165, 1.54) is 5.56 Å². The van der Waals surface area contributed by atoms with Gasteiger partial charge in [0.2, 0.25) is 0 Å². The van der Waals surface area contributed by atoms with E-state index in [-0.39, 0.29) is 11.6 Å². The average Bonchev–Trinajstić information content (AvgIpc) is 2.70. The average molecular weight is 396 g/mol. The van der Waals surface area contributed by atoms with E-state index in [1.54, 1.807) is 12.1 Å². The SMILES string of the molecule is CN(C)c1ccc(NC(=O)c2ccc(NCCc3ccc(Cl)cc3)nn2)cc1. The normalized spacial score (nSPS) is 10.4. The van der Waals surface area contributed by atoms with E-state index < -0.39 is 0 Å². The molecule has 2 aromatic carbocycles. The van der Waals surface area contributed by atoms with Crippen molar-refractivity contribution in [2.24, 2.45) is 0 Å². The van der Waals surface area contributed by atoms with E-state index in [2.05, 4.69) is 20.8 Å². The molecule has 0 bridgehead atoms. The first-order chi connectivity index (χ1) is 13.5. The van der Waals surface area contributed by atoms with E-state index in [9.17, 15) is 4.79 Å². The first kappa shape index (κ1) is 19.6. The van der Waals surface area contributed by atoms with E-state index in [1.807, 2.05) is 67.5 Å². The minimum Gasteiger partial charge on any atom is -0.378 e. The number of benzene rings is 2. The fraction of sp³-hybridized carbons (Fsp3) is 0.190. The Balaban J connectivity index is 1.51. The largest absolute Gasteiger partial charge is 0.378 e. The number of nitrogens with zero attached hydrogens (tertiary/aromatic N) is 3. The number of anilines is 3. The Hall–Kier alpha value is -3.12. The molecule has 0 saturated carbocycles. The van der Waals surface area contributed by atoms with Gasteiger partial charge in [-0.1, -0.05) is 23.7 Å². The van der Waals surface area contributed by atoms with Gasteiger partial charge in [0.05, 0.1) is 0 Å². The molecule has 3 aromatic rings. The van der Waals surface area contributed by atoms with Crippen molar-refractivity contribution in [3.63, 3.8) is 0 Å². The molecule has 6 nitrogen and oxygen atoms in total. The molecule has 1 heterocycles. The molecule has 0 radical (unpaired) electrons. The number of hydrogen-bond donors (Lipinski definition) is 2. The van der Waals surface area contributed by atoms with E-state index >= 15 is 0 Å². The Morgan fingerprint density at radius 3 is 2.29 bits per heavy atom. The monoisotopic (exact) mass is 395 g/mol. The molecule has 2 N–H and O–H groups in total. The Morgan fingerprint density at radius 1 is 0.964 bits per heavy atom. The first-order valence-corrected chi connectivity index (χ1v) is 9.30. The smallest absolute Gasteiger partial charge is 0.276 e. The van der Waals surface area contributed by atoms with Gasteiger partial charge in [-0.05, 0) is 60.5 Å². The lowest BCUT2D eigenvalue weighted by atomic mass is 10.1. The van der Waals surface area contributed by atoms with Gasteiger partial charge >= 0.3 is 0 Å². The van der Waals surface area contributed by atoms with Gasteiger partial charge in [0, 0.05) is 37.0 Å². The Bertz CT molecular complexity index is 909. The molecule has 0 atom stereocenters.